The average molecular weight is 468 g/mol. The van der Waals surface area contributed by atoms with Crippen LogP contribution in [-0.2, 0) is 0 Å². The van der Waals surface area contributed by atoms with Crippen molar-refractivity contribution in [3.63, 3.8) is 0 Å². The average Bonchev–Trinajstić information content (AvgIpc) is 2.91. The van der Waals surface area contributed by atoms with Gasteiger partial charge >= 0.3 is 11.3 Å². The molecule has 0 spiro atoms. The Morgan fingerprint density at radius 2 is 0.833 bits per heavy atom. The summed E-state index contributed by atoms with van der Waals surface area (Å²) in [4.78, 5) is 34.6. The zero-order chi connectivity index (χ0) is 24.2. The monoisotopic (exact) mass is 468 g/mol. The molecule has 170 valence electrons. The zero-order valence-electron chi connectivity index (χ0n) is 18.8. The van der Waals surface area contributed by atoms with Crippen molar-refractivity contribution in [3.8, 4) is 22.9 Å². The SMILES string of the molecule is O=c1oc(-c2ccc(-c3nc4cc5ccccc5cc4c(=O)o3)cc2)nc2cc3ccccc3cc12. The van der Waals surface area contributed by atoms with Crippen LogP contribution in [0.2, 0.25) is 0 Å². The van der Waals surface area contributed by atoms with Gasteiger partial charge in [0.25, 0.3) is 0 Å². The first kappa shape index (κ1) is 20.3. The smallest absolute Gasteiger partial charge is 0.347 e. The third-order valence-electron chi connectivity index (χ3n) is 6.37. The largest absolute Gasteiger partial charge is 0.403 e. The van der Waals surface area contributed by atoms with Crippen LogP contribution in [0.5, 0.6) is 0 Å². The van der Waals surface area contributed by atoms with Crippen molar-refractivity contribution in [1.82, 2.24) is 9.97 Å². The molecule has 6 heteroatoms. The zero-order valence-corrected chi connectivity index (χ0v) is 18.8. The van der Waals surface area contributed by atoms with Crippen LogP contribution in [0.3, 0.4) is 0 Å². The molecule has 0 bridgehead atoms. The lowest BCUT2D eigenvalue weighted by Crippen LogP contribution is -2.03. The standard InChI is InChI=1S/C30H16N2O4/c33-29-23-13-19-5-1-3-7-21(19)15-25(23)31-27(35-29)17-9-11-18(12-10-17)28-32-26-16-22-8-4-2-6-20(22)14-24(26)30(34)36-28/h1-16H. The van der Waals surface area contributed by atoms with Crippen LogP contribution in [0.4, 0.5) is 0 Å². The molecule has 0 amide bonds. The van der Waals surface area contributed by atoms with Gasteiger partial charge in [0, 0.05) is 11.1 Å². The Morgan fingerprint density at radius 3 is 1.22 bits per heavy atom. The van der Waals surface area contributed by atoms with Gasteiger partial charge in [0.2, 0.25) is 11.8 Å². The molecule has 7 aromatic rings. The maximum Gasteiger partial charge on any atom is 0.347 e. The van der Waals surface area contributed by atoms with Gasteiger partial charge in [0.1, 0.15) is 0 Å². The highest BCUT2D eigenvalue weighted by Gasteiger charge is 2.13. The van der Waals surface area contributed by atoms with Gasteiger partial charge in [-0.15, -0.1) is 0 Å². The second-order valence-electron chi connectivity index (χ2n) is 8.62. The first-order chi connectivity index (χ1) is 17.6. The quantitative estimate of drug-likeness (QED) is 0.276. The van der Waals surface area contributed by atoms with Crippen molar-refractivity contribution in [2.24, 2.45) is 0 Å². The second-order valence-corrected chi connectivity index (χ2v) is 8.62. The summed E-state index contributed by atoms with van der Waals surface area (Å²) in [5.74, 6) is 0.433. The summed E-state index contributed by atoms with van der Waals surface area (Å²) < 4.78 is 11.1. The van der Waals surface area contributed by atoms with Gasteiger partial charge in [-0.05, 0) is 70.1 Å². The van der Waals surface area contributed by atoms with Crippen molar-refractivity contribution in [2.45, 2.75) is 0 Å². The van der Waals surface area contributed by atoms with Gasteiger partial charge in [-0.2, -0.15) is 0 Å². The molecule has 0 aliphatic heterocycles. The van der Waals surface area contributed by atoms with Crippen LogP contribution in [0.1, 0.15) is 0 Å². The number of hydrogen-bond acceptors (Lipinski definition) is 6. The van der Waals surface area contributed by atoms with E-state index in [9.17, 15) is 9.59 Å². The van der Waals surface area contributed by atoms with E-state index in [0.29, 0.717) is 32.9 Å². The second kappa shape index (κ2) is 7.71. The molecule has 0 aliphatic carbocycles. The minimum atomic E-state index is -0.445. The van der Waals surface area contributed by atoms with Crippen molar-refractivity contribution in [1.29, 1.82) is 0 Å². The summed E-state index contributed by atoms with van der Waals surface area (Å²) in [6.07, 6.45) is 0. The normalized spacial score (nSPS) is 11.6. The lowest BCUT2D eigenvalue weighted by Gasteiger charge is -2.06. The molecule has 7 rings (SSSR count). The van der Waals surface area contributed by atoms with E-state index >= 15 is 0 Å². The van der Waals surface area contributed by atoms with E-state index in [1.807, 2.05) is 60.7 Å². The van der Waals surface area contributed by atoms with E-state index in [0.717, 1.165) is 21.5 Å². The Hall–Kier alpha value is -5.10. The van der Waals surface area contributed by atoms with Gasteiger partial charge in [-0.1, -0.05) is 48.5 Å². The Labute approximate surface area is 203 Å². The van der Waals surface area contributed by atoms with E-state index < -0.39 is 11.3 Å². The summed E-state index contributed by atoms with van der Waals surface area (Å²) in [6, 6.07) is 30.0. The molecule has 2 heterocycles. The summed E-state index contributed by atoms with van der Waals surface area (Å²) in [5.41, 5.74) is 1.50. The molecule has 36 heavy (non-hydrogen) atoms. The van der Waals surface area contributed by atoms with Crippen LogP contribution in [0, 0.1) is 0 Å². The molecular formula is C30H16N2O4. The molecule has 6 nitrogen and oxygen atoms in total. The summed E-state index contributed by atoms with van der Waals surface area (Å²) in [6.45, 7) is 0. The van der Waals surface area contributed by atoms with E-state index in [2.05, 4.69) is 9.97 Å². The number of aromatic nitrogens is 2. The third kappa shape index (κ3) is 3.27. The predicted molar refractivity (Wildman–Crippen MR) is 140 cm³/mol. The molecule has 0 fully saturated rings. The lowest BCUT2D eigenvalue weighted by molar-refractivity contribution is 0.517. The van der Waals surface area contributed by atoms with Crippen molar-refractivity contribution in [3.05, 3.63) is 118 Å². The van der Waals surface area contributed by atoms with E-state index in [1.54, 1.807) is 36.4 Å². The fourth-order valence-electron chi connectivity index (χ4n) is 4.52. The molecule has 0 N–H and O–H groups in total. The predicted octanol–water partition coefficient (Wildman–Crippen LogP) is 6.33. The fourth-order valence-corrected chi connectivity index (χ4v) is 4.52. The van der Waals surface area contributed by atoms with Crippen molar-refractivity contribution < 1.29 is 8.83 Å². The van der Waals surface area contributed by atoms with Crippen LogP contribution in [0.15, 0.2) is 115 Å². The summed E-state index contributed by atoms with van der Waals surface area (Å²) >= 11 is 0. The minimum absolute atomic E-state index is 0.216. The molecule has 0 radical (unpaired) electrons. The van der Waals surface area contributed by atoms with Gasteiger partial charge in [0.05, 0.1) is 21.8 Å². The number of nitrogens with zero attached hydrogens (tertiary/aromatic N) is 2. The number of benzene rings is 5. The lowest BCUT2D eigenvalue weighted by atomic mass is 10.1. The molecule has 2 aromatic heterocycles. The summed E-state index contributed by atoms with van der Waals surface area (Å²) in [7, 11) is 0. The van der Waals surface area contributed by atoms with Crippen LogP contribution >= 0.6 is 0 Å². The van der Waals surface area contributed by atoms with Gasteiger partial charge < -0.3 is 8.83 Å². The first-order valence-electron chi connectivity index (χ1n) is 11.4. The molecule has 0 unspecified atom stereocenters. The fraction of sp³-hybridized carbons (Fsp3) is 0. The van der Waals surface area contributed by atoms with Crippen molar-refractivity contribution >= 4 is 43.4 Å². The number of rotatable bonds is 2. The topological polar surface area (TPSA) is 86.2 Å². The van der Waals surface area contributed by atoms with Crippen LogP contribution < -0.4 is 11.3 Å². The van der Waals surface area contributed by atoms with Gasteiger partial charge in [-0.3, -0.25) is 0 Å². The number of fused-ring (bicyclic) bond motifs is 4. The van der Waals surface area contributed by atoms with Crippen LogP contribution in [-0.4, -0.2) is 9.97 Å². The Morgan fingerprint density at radius 1 is 0.472 bits per heavy atom. The van der Waals surface area contributed by atoms with E-state index in [-0.39, 0.29) is 11.8 Å². The molecule has 0 aliphatic rings. The molecular weight excluding hydrogens is 452 g/mol. The highest BCUT2D eigenvalue weighted by molar-refractivity contribution is 5.97. The highest BCUT2D eigenvalue weighted by atomic mass is 16.4. The van der Waals surface area contributed by atoms with Gasteiger partial charge in [0.15, 0.2) is 0 Å². The number of hydrogen-bond donors (Lipinski definition) is 0. The van der Waals surface area contributed by atoms with E-state index in [1.165, 1.54) is 0 Å². The molecule has 5 aromatic carbocycles. The van der Waals surface area contributed by atoms with Crippen LogP contribution in [0.25, 0.3) is 66.3 Å². The Balaban J connectivity index is 1.31. The molecule has 0 saturated heterocycles. The minimum Gasteiger partial charge on any atom is -0.403 e. The summed E-state index contributed by atoms with van der Waals surface area (Å²) in [5, 5.41) is 4.76. The van der Waals surface area contributed by atoms with E-state index in [4.69, 9.17) is 8.83 Å². The Bertz CT molecular complexity index is 1940. The first-order valence-corrected chi connectivity index (χ1v) is 11.4. The van der Waals surface area contributed by atoms with Crippen molar-refractivity contribution in [2.75, 3.05) is 0 Å². The Kier molecular flexibility index (Phi) is 4.35. The van der Waals surface area contributed by atoms with Gasteiger partial charge in [-0.25, -0.2) is 19.6 Å². The molecule has 0 saturated carbocycles. The maximum atomic E-state index is 12.7. The maximum absolute atomic E-state index is 12.7. The molecule has 0 atom stereocenters. The third-order valence-corrected chi connectivity index (χ3v) is 6.37. The highest BCUT2D eigenvalue weighted by Crippen LogP contribution is 2.27.